The molecule has 0 aromatic rings. The second kappa shape index (κ2) is 6.27. The Bertz CT molecular complexity index is 179. The van der Waals surface area contributed by atoms with Gasteiger partial charge < -0.3 is 4.84 Å². The molecule has 0 aromatic heterocycles. The van der Waals surface area contributed by atoms with Crippen molar-refractivity contribution < 1.29 is 9.63 Å². The van der Waals surface area contributed by atoms with Crippen LogP contribution in [0.25, 0.3) is 0 Å². The molecule has 12 heavy (non-hydrogen) atoms. The number of hydroxylamine groups is 1. The minimum Gasteiger partial charge on any atom is -0.354 e. The Morgan fingerprint density at radius 2 is 2.33 bits per heavy atom. The molecule has 7 heteroatoms. The second-order valence-electron chi connectivity index (χ2n) is 2.04. The van der Waals surface area contributed by atoms with Gasteiger partial charge in [-0.3, -0.25) is 5.32 Å². The van der Waals surface area contributed by atoms with Crippen molar-refractivity contribution in [2.45, 2.75) is 6.92 Å². The Morgan fingerprint density at radius 1 is 1.75 bits per heavy atom. The average molecular weight is 208 g/mol. The predicted molar refractivity (Wildman–Crippen MR) is 59.3 cm³/mol. The number of nitrogens with one attached hydrogen (secondary N) is 2. The molecule has 0 radical (unpaired) electrons. The van der Waals surface area contributed by atoms with Gasteiger partial charge in [-0.25, -0.2) is 15.5 Å². The first-order valence-corrected chi connectivity index (χ1v) is 5.89. The van der Waals surface area contributed by atoms with Crippen molar-refractivity contribution in [1.29, 1.82) is 0 Å². The fourth-order valence-electron chi connectivity index (χ4n) is 0.445. The van der Waals surface area contributed by atoms with Gasteiger partial charge in [-0.2, -0.15) is 5.48 Å². The number of carbonyl (C=O) groups is 1. The molecule has 1 amide bonds. The van der Waals surface area contributed by atoms with E-state index in [1.165, 1.54) is 7.05 Å². The average Bonchev–Trinajstić information content (AvgIpc) is 2.03. The SMILES string of the molecule is B[SH](CC)C(=S)NC(=O)ONC. The molecule has 0 saturated heterocycles. The summed E-state index contributed by atoms with van der Waals surface area (Å²) in [6.07, 6.45) is -0.551. The second-order valence-corrected chi connectivity index (χ2v) is 5.22. The van der Waals surface area contributed by atoms with E-state index in [1.807, 2.05) is 14.0 Å². The van der Waals surface area contributed by atoms with Crippen molar-refractivity contribution in [3.8, 4) is 0 Å². The van der Waals surface area contributed by atoms with Crippen molar-refractivity contribution in [3.05, 3.63) is 0 Å². The first-order valence-electron chi connectivity index (χ1n) is 3.51. The van der Waals surface area contributed by atoms with E-state index < -0.39 is 16.8 Å². The monoisotopic (exact) mass is 208 g/mol. The third-order valence-electron chi connectivity index (χ3n) is 1.22. The normalized spacial score (nSPS) is 13.3. The maximum absolute atomic E-state index is 10.8. The highest BCUT2D eigenvalue weighted by Crippen LogP contribution is 2.17. The van der Waals surface area contributed by atoms with Crippen molar-refractivity contribution >= 4 is 40.5 Å². The smallest absolute Gasteiger partial charge is 0.354 e. The lowest BCUT2D eigenvalue weighted by Gasteiger charge is -2.14. The van der Waals surface area contributed by atoms with Crippen LogP contribution in [0.2, 0.25) is 0 Å². The summed E-state index contributed by atoms with van der Waals surface area (Å²) in [7, 11) is 3.13. The quantitative estimate of drug-likeness (QED) is 0.252. The number of thiocarbonyl (C=S) groups is 1. The molecule has 1 atom stereocenters. The van der Waals surface area contributed by atoms with Gasteiger partial charge in [0.25, 0.3) is 0 Å². The van der Waals surface area contributed by atoms with Crippen LogP contribution in [-0.2, 0) is 4.84 Å². The fourth-order valence-corrected chi connectivity index (χ4v) is 1.48. The highest BCUT2D eigenvalue weighted by atomic mass is 32.2. The molecule has 0 bridgehead atoms. The summed E-state index contributed by atoms with van der Waals surface area (Å²) in [5.41, 5.74) is 2.27. The topological polar surface area (TPSA) is 50.4 Å². The lowest BCUT2D eigenvalue weighted by molar-refractivity contribution is 0.108. The number of rotatable bonds is 2. The first-order chi connectivity index (χ1) is 5.61. The van der Waals surface area contributed by atoms with Gasteiger partial charge in [-0.15, -0.1) is 0 Å². The van der Waals surface area contributed by atoms with Crippen molar-refractivity contribution in [3.63, 3.8) is 0 Å². The van der Waals surface area contributed by atoms with E-state index in [0.717, 1.165) is 5.75 Å². The van der Waals surface area contributed by atoms with E-state index in [1.54, 1.807) is 0 Å². The Labute approximate surface area is 81.0 Å². The van der Waals surface area contributed by atoms with Crippen LogP contribution in [0.1, 0.15) is 6.92 Å². The molecule has 4 nitrogen and oxygen atoms in total. The van der Waals surface area contributed by atoms with Gasteiger partial charge in [-0.05, 0) is 5.75 Å². The Balaban J connectivity index is 3.76. The number of amides is 1. The summed E-state index contributed by atoms with van der Waals surface area (Å²) >= 11 is 4.96. The van der Waals surface area contributed by atoms with Crippen LogP contribution in [0.15, 0.2) is 0 Å². The summed E-state index contributed by atoms with van der Waals surface area (Å²) in [4.78, 5) is 15.2. The molecule has 0 aromatic carbocycles. The molecule has 0 aliphatic rings. The highest BCUT2D eigenvalue weighted by Gasteiger charge is 2.07. The third kappa shape index (κ3) is 4.58. The number of hydrogen-bond donors (Lipinski definition) is 3. The van der Waals surface area contributed by atoms with Gasteiger partial charge in [0.15, 0.2) is 7.12 Å². The van der Waals surface area contributed by atoms with E-state index in [4.69, 9.17) is 12.2 Å². The molecule has 0 aliphatic carbocycles. The zero-order chi connectivity index (χ0) is 9.56. The zero-order valence-corrected chi connectivity index (χ0v) is 9.09. The summed E-state index contributed by atoms with van der Waals surface area (Å²) in [6.45, 7) is 2.03. The van der Waals surface area contributed by atoms with E-state index in [0.29, 0.717) is 4.32 Å². The van der Waals surface area contributed by atoms with Crippen molar-refractivity contribution in [2.24, 2.45) is 0 Å². The molecule has 0 aliphatic heterocycles. The summed E-state index contributed by atoms with van der Waals surface area (Å²) in [6, 6.07) is 0. The largest absolute Gasteiger partial charge is 0.431 e. The first kappa shape index (κ1) is 11.7. The minimum atomic E-state index is -0.551. The maximum Gasteiger partial charge on any atom is 0.431 e. The van der Waals surface area contributed by atoms with Crippen LogP contribution < -0.4 is 10.8 Å². The van der Waals surface area contributed by atoms with Crippen LogP contribution in [0.5, 0.6) is 0 Å². The molecule has 1 unspecified atom stereocenters. The Morgan fingerprint density at radius 3 is 2.75 bits per heavy atom. The third-order valence-corrected chi connectivity index (χ3v) is 4.02. The number of carbonyl (C=O) groups excluding carboxylic acids is 1. The molecular weight excluding hydrogens is 195 g/mol. The molecule has 0 spiro atoms. The molecular formula is C5H13BN2O2S2. The fraction of sp³-hybridized carbons (Fsp3) is 0.600. The summed E-state index contributed by atoms with van der Waals surface area (Å²) in [5.74, 6) is 0.966. The predicted octanol–water partition coefficient (Wildman–Crippen LogP) is -0.299. The Kier molecular flexibility index (Phi) is 6.13. The van der Waals surface area contributed by atoms with Crippen LogP contribution in [0, 0.1) is 0 Å². The highest BCUT2D eigenvalue weighted by molar-refractivity contribution is 8.50. The van der Waals surface area contributed by atoms with E-state index in [9.17, 15) is 4.79 Å². The van der Waals surface area contributed by atoms with E-state index in [2.05, 4.69) is 15.6 Å². The van der Waals surface area contributed by atoms with E-state index in [-0.39, 0.29) is 0 Å². The zero-order valence-electron chi connectivity index (χ0n) is 7.38. The Hall–Kier alpha value is -0.265. The maximum atomic E-state index is 10.8. The standard InChI is InChI=1S/C5H13BN2O2S2/c1-3-12(6)5(11)8-4(9)10-7-2/h7,12H,3,6H2,1-2H3,(H,8,9,11). The minimum absolute atomic E-state index is 0.391. The summed E-state index contributed by atoms with van der Waals surface area (Å²) < 4.78 is 0.577. The lowest BCUT2D eigenvalue weighted by atomic mass is 10.8. The van der Waals surface area contributed by atoms with Gasteiger partial charge in [-0.1, -0.05) is 19.1 Å². The van der Waals surface area contributed by atoms with Crippen molar-refractivity contribution in [2.75, 3.05) is 12.8 Å². The van der Waals surface area contributed by atoms with Crippen LogP contribution >= 0.6 is 23.0 Å². The van der Waals surface area contributed by atoms with Crippen molar-refractivity contribution in [1.82, 2.24) is 10.8 Å². The van der Waals surface area contributed by atoms with Gasteiger partial charge >= 0.3 is 6.09 Å². The molecule has 70 valence electrons. The molecule has 0 saturated carbocycles. The number of thiol groups is 1. The lowest BCUT2D eigenvalue weighted by Crippen LogP contribution is -2.32. The molecule has 0 heterocycles. The van der Waals surface area contributed by atoms with Gasteiger partial charge in [0.05, 0.1) is 0 Å². The number of hydrogen-bond acceptors (Lipinski definition) is 4. The van der Waals surface area contributed by atoms with Crippen LogP contribution in [0.3, 0.4) is 0 Å². The van der Waals surface area contributed by atoms with Crippen LogP contribution in [-0.4, -0.2) is 30.3 Å². The molecule has 2 N–H and O–H groups in total. The van der Waals surface area contributed by atoms with E-state index >= 15 is 0 Å². The molecule has 0 rings (SSSR count). The van der Waals surface area contributed by atoms with Crippen LogP contribution in [0.4, 0.5) is 4.79 Å². The van der Waals surface area contributed by atoms with Gasteiger partial charge in [0, 0.05) is 7.05 Å². The summed E-state index contributed by atoms with van der Waals surface area (Å²) in [5, 5.41) is 2.47. The molecule has 0 fully saturated rings. The van der Waals surface area contributed by atoms with Gasteiger partial charge in [0.2, 0.25) is 0 Å². The van der Waals surface area contributed by atoms with Gasteiger partial charge in [0.1, 0.15) is 4.32 Å².